The van der Waals surface area contributed by atoms with E-state index in [4.69, 9.17) is 17.3 Å². The van der Waals surface area contributed by atoms with Gasteiger partial charge in [0, 0.05) is 36.4 Å². The zero-order valence-electron chi connectivity index (χ0n) is 14.0. The molecule has 130 valence electrons. The lowest BCUT2D eigenvalue weighted by atomic mass is 9.91. The first-order chi connectivity index (χ1) is 11.5. The largest absolute Gasteiger partial charge is 0.338 e. The Kier molecular flexibility index (Phi) is 5.11. The minimum absolute atomic E-state index is 0.0543. The van der Waals surface area contributed by atoms with Crippen molar-refractivity contribution in [3.05, 3.63) is 29.3 Å². The third-order valence-electron chi connectivity index (χ3n) is 5.18. The van der Waals surface area contributed by atoms with Crippen LogP contribution in [0.3, 0.4) is 0 Å². The zero-order chi connectivity index (χ0) is 17.3. The summed E-state index contributed by atoms with van der Waals surface area (Å²) >= 11 is 5.90. The lowest BCUT2D eigenvalue weighted by Crippen LogP contribution is -2.52. The Morgan fingerprint density at radius 3 is 2.62 bits per heavy atom. The van der Waals surface area contributed by atoms with Gasteiger partial charge in [-0.25, -0.2) is 0 Å². The van der Waals surface area contributed by atoms with Gasteiger partial charge in [-0.05, 0) is 49.4 Å². The van der Waals surface area contributed by atoms with Crippen LogP contribution in [0.5, 0.6) is 0 Å². The van der Waals surface area contributed by atoms with Crippen LogP contribution < -0.4 is 10.6 Å². The van der Waals surface area contributed by atoms with Gasteiger partial charge in [-0.2, -0.15) is 0 Å². The van der Waals surface area contributed by atoms with E-state index in [9.17, 15) is 9.59 Å². The molecular weight excluding hydrogens is 326 g/mol. The zero-order valence-corrected chi connectivity index (χ0v) is 14.7. The molecule has 1 aromatic carbocycles. The van der Waals surface area contributed by atoms with Crippen molar-refractivity contribution < 1.29 is 9.59 Å². The summed E-state index contributed by atoms with van der Waals surface area (Å²) in [6, 6.07) is 7.21. The number of likely N-dealkylation sites (tertiary alicyclic amines) is 1. The highest BCUT2D eigenvalue weighted by Gasteiger charge is 2.42. The molecule has 3 unspecified atom stereocenters. The van der Waals surface area contributed by atoms with Crippen LogP contribution >= 0.6 is 11.6 Å². The number of nitrogens with zero attached hydrogens (tertiary/aromatic N) is 2. The molecule has 1 aromatic rings. The molecule has 2 amide bonds. The summed E-state index contributed by atoms with van der Waals surface area (Å²) in [5.41, 5.74) is 6.65. The number of rotatable bonds is 3. The molecule has 0 spiro atoms. The van der Waals surface area contributed by atoms with Crippen molar-refractivity contribution in [3.63, 3.8) is 0 Å². The number of piperidine rings is 1. The van der Waals surface area contributed by atoms with Gasteiger partial charge in [-0.15, -0.1) is 0 Å². The van der Waals surface area contributed by atoms with Crippen molar-refractivity contribution in [1.29, 1.82) is 0 Å². The molecule has 0 radical (unpaired) electrons. The maximum Gasteiger partial charge on any atom is 0.239 e. The van der Waals surface area contributed by atoms with E-state index in [-0.39, 0.29) is 17.9 Å². The molecule has 3 rings (SSSR count). The molecule has 5 nitrogen and oxygen atoms in total. The molecule has 2 N–H and O–H groups in total. The molecule has 2 fully saturated rings. The van der Waals surface area contributed by atoms with E-state index in [1.807, 2.05) is 17.0 Å². The summed E-state index contributed by atoms with van der Waals surface area (Å²) in [5, 5.41) is 0.631. The molecule has 6 heteroatoms. The molecule has 2 saturated heterocycles. The number of carbonyl (C=O) groups excluding carboxylic acids is 2. The Balaban J connectivity index is 1.72. The minimum atomic E-state index is -0.580. The van der Waals surface area contributed by atoms with Gasteiger partial charge >= 0.3 is 0 Å². The van der Waals surface area contributed by atoms with Gasteiger partial charge in [0.15, 0.2) is 0 Å². The number of halogens is 1. The summed E-state index contributed by atoms with van der Waals surface area (Å²) in [6.45, 7) is 3.91. The normalized spacial score (nSPS) is 27.6. The van der Waals surface area contributed by atoms with Gasteiger partial charge in [0.25, 0.3) is 0 Å². The molecule has 3 atom stereocenters. The van der Waals surface area contributed by atoms with E-state index in [2.05, 4.69) is 6.92 Å². The second-order valence-electron chi connectivity index (χ2n) is 6.86. The molecule has 2 aliphatic heterocycles. The maximum absolute atomic E-state index is 12.9. The Labute approximate surface area is 147 Å². The van der Waals surface area contributed by atoms with E-state index < -0.39 is 5.92 Å². The van der Waals surface area contributed by atoms with Gasteiger partial charge in [0.1, 0.15) is 5.92 Å². The Morgan fingerprint density at radius 2 is 1.96 bits per heavy atom. The van der Waals surface area contributed by atoms with Crippen molar-refractivity contribution in [2.24, 2.45) is 17.6 Å². The van der Waals surface area contributed by atoms with Crippen LogP contribution in [0, 0.1) is 11.8 Å². The predicted molar refractivity (Wildman–Crippen MR) is 94.9 cm³/mol. The predicted octanol–water partition coefficient (Wildman–Crippen LogP) is 2.28. The second kappa shape index (κ2) is 7.11. The molecular formula is C18H24ClN3O2. The van der Waals surface area contributed by atoms with Crippen molar-refractivity contribution >= 4 is 29.1 Å². The summed E-state index contributed by atoms with van der Waals surface area (Å²) in [6.07, 6.45) is 2.46. The van der Waals surface area contributed by atoms with E-state index in [1.165, 1.54) is 0 Å². The second-order valence-corrected chi connectivity index (χ2v) is 7.29. The molecule has 2 heterocycles. The molecule has 2 aliphatic rings. The number of anilines is 1. The van der Waals surface area contributed by atoms with Gasteiger partial charge in [-0.3, -0.25) is 9.59 Å². The summed E-state index contributed by atoms with van der Waals surface area (Å²) in [5.74, 6) is -0.175. The van der Waals surface area contributed by atoms with E-state index in [0.717, 1.165) is 18.5 Å². The summed E-state index contributed by atoms with van der Waals surface area (Å²) in [4.78, 5) is 29.2. The Hall–Kier alpha value is -1.59. The topological polar surface area (TPSA) is 66.6 Å². The van der Waals surface area contributed by atoms with Crippen molar-refractivity contribution in [1.82, 2.24) is 4.90 Å². The van der Waals surface area contributed by atoms with Crippen molar-refractivity contribution in [2.45, 2.75) is 32.2 Å². The standard InChI is InChI=1S/C18H24ClN3O2/c1-12-6-8-22(15(10-12)11-20)18(24)16-7-9-21(17(16)23)14-4-2-13(19)3-5-14/h2-5,12,15-16H,6-11,20H2,1H3. The van der Waals surface area contributed by atoms with E-state index in [0.29, 0.717) is 37.0 Å². The number of carbonyl (C=O) groups is 2. The number of benzene rings is 1. The molecule has 0 aliphatic carbocycles. The van der Waals surface area contributed by atoms with Gasteiger partial charge < -0.3 is 15.5 Å². The van der Waals surface area contributed by atoms with Crippen LogP contribution in [0.15, 0.2) is 24.3 Å². The SMILES string of the molecule is CC1CCN(C(=O)C2CCN(c3ccc(Cl)cc3)C2=O)C(CN)C1. The lowest BCUT2D eigenvalue weighted by molar-refractivity contribution is -0.143. The van der Waals surface area contributed by atoms with Crippen LogP contribution in [0.25, 0.3) is 0 Å². The van der Waals surface area contributed by atoms with Crippen molar-refractivity contribution in [3.8, 4) is 0 Å². The van der Waals surface area contributed by atoms with Crippen LogP contribution in [0.4, 0.5) is 5.69 Å². The fourth-order valence-corrected chi connectivity index (χ4v) is 3.88. The van der Waals surface area contributed by atoms with Crippen LogP contribution in [0.2, 0.25) is 5.02 Å². The molecule has 0 saturated carbocycles. The number of amides is 2. The van der Waals surface area contributed by atoms with Gasteiger partial charge in [-0.1, -0.05) is 18.5 Å². The van der Waals surface area contributed by atoms with E-state index in [1.54, 1.807) is 17.0 Å². The quantitative estimate of drug-likeness (QED) is 0.851. The van der Waals surface area contributed by atoms with Crippen molar-refractivity contribution in [2.75, 3.05) is 24.5 Å². The Morgan fingerprint density at radius 1 is 1.25 bits per heavy atom. The lowest BCUT2D eigenvalue weighted by Gasteiger charge is -2.39. The third kappa shape index (κ3) is 3.28. The molecule has 0 aromatic heterocycles. The summed E-state index contributed by atoms with van der Waals surface area (Å²) in [7, 11) is 0. The van der Waals surface area contributed by atoms with Crippen LogP contribution in [-0.4, -0.2) is 42.4 Å². The average molecular weight is 350 g/mol. The van der Waals surface area contributed by atoms with Crippen LogP contribution in [0.1, 0.15) is 26.2 Å². The van der Waals surface area contributed by atoms with Gasteiger partial charge in [0.2, 0.25) is 11.8 Å². The maximum atomic E-state index is 12.9. The minimum Gasteiger partial charge on any atom is -0.338 e. The van der Waals surface area contributed by atoms with Gasteiger partial charge in [0.05, 0.1) is 0 Å². The number of hydrogen-bond donors (Lipinski definition) is 1. The molecule has 24 heavy (non-hydrogen) atoms. The van der Waals surface area contributed by atoms with E-state index >= 15 is 0 Å². The highest BCUT2D eigenvalue weighted by molar-refractivity contribution is 6.30. The smallest absolute Gasteiger partial charge is 0.239 e. The fourth-order valence-electron chi connectivity index (χ4n) is 3.75. The highest BCUT2D eigenvalue weighted by Crippen LogP contribution is 2.30. The van der Waals surface area contributed by atoms with Crippen LogP contribution in [-0.2, 0) is 9.59 Å². The number of nitrogens with two attached hydrogens (primary N) is 1. The average Bonchev–Trinajstić information content (AvgIpc) is 2.96. The first-order valence-corrected chi connectivity index (χ1v) is 8.96. The Bertz CT molecular complexity index is 619. The third-order valence-corrected chi connectivity index (χ3v) is 5.43. The molecule has 0 bridgehead atoms. The summed E-state index contributed by atoms with van der Waals surface area (Å²) < 4.78 is 0. The highest BCUT2D eigenvalue weighted by atomic mass is 35.5. The first-order valence-electron chi connectivity index (χ1n) is 8.58. The monoisotopic (exact) mass is 349 g/mol. The number of hydrogen-bond acceptors (Lipinski definition) is 3. The first kappa shape index (κ1) is 17.2. The fraction of sp³-hybridized carbons (Fsp3) is 0.556.